The number of methoxy groups -OCH3 is 1. The van der Waals surface area contributed by atoms with E-state index in [0.717, 1.165) is 86.3 Å². The monoisotopic (exact) mass is 593 g/mol. The van der Waals surface area contributed by atoms with Crippen molar-refractivity contribution in [1.29, 1.82) is 0 Å². The molecule has 43 heavy (non-hydrogen) atoms. The fourth-order valence-corrected chi connectivity index (χ4v) is 6.58. The number of carbonyl (C=O) groups is 1. The fraction of sp³-hybridized carbons (Fsp3) is 0.667. The van der Waals surface area contributed by atoms with E-state index < -0.39 is 12.0 Å². The number of likely N-dealkylation sites (tertiary alicyclic amines) is 1. The molecule has 3 atom stereocenters. The third-order valence-corrected chi connectivity index (χ3v) is 9.38. The number of aromatic nitrogens is 1. The molecule has 238 valence electrons. The number of rotatable bonds is 16. The van der Waals surface area contributed by atoms with Gasteiger partial charge in [-0.1, -0.05) is 65.7 Å². The van der Waals surface area contributed by atoms with Crippen molar-refractivity contribution in [3.8, 4) is 5.75 Å². The molecule has 0 radical (unpaired) electrons. The maximum Gasteiger partial charge on any atom is 0.325 e. The van der Waals surface area contributed by atoms with Gasteiger partial charge in [-0.15, -0.1) is 0 Å². The van der Waals surface area contributed by atoms with Crippen molar-refractivity contribution >= 4 is 11.8 Å². The van der Waals surface area contributed by atoms with Crippen molar-refractivity contribution in [2.45, 2.75) is 110 Å². The van der Waals surface area contributed by atoms with Crippen LogP contribution in [0.5, 0.6) is 5.75 Å². The molecule has 3 heterocycles. The van der Waals surface area contributed by atoms with Gasteiger partial charge in [0, 0.05) is 37.5 Å². The molecule has 2 aliphatic rings. The average Bonchev–Trinajstić information content (AvgIpc) is 2.96. The summed E-state index contributed by atoms with van der Waals surface area (Å²) in [6.07, 6.45) is 9.67. The van der Waals surface area contributed by atoms with Crippen LogP contribution in [0.3, 0.4) is 0 Å². The summed E-state index contributed by atoms with van der Waals surface area (Å²) in [4.78, 5) is 19.6. The maximum atomic E-state index is 12.8. The molecule has 0 amide bonds. The molecule has 0 bridgehead atoms. The molecule has 3 unspecified atom stereocenters. The van der Waals surface area contributed by atoms with Crippen LogP contribution in [0.15, 0.2) is 30.3 Å². The molecule has 1 aromatic carbocycles. The van der Waals surface area contributed by atoms with Crippen molar-refractivity contribution in [2.75, 3.05) is 38.7 Å². The second-order valence-corrected chi connectivity index (χ2v) is 13.9. The predicted molar refractivity (Wildman–Crippen MR) is 174 cm³/mol. The number of carboxylic acids is 1. The van der Waals surface area contributed by atoms with Crippen molar-refractivity contribution in [3.05, 3.63) is 52.7 Å². The molecule has 7 nitrogen and oxygen atoms in total. The summed E-state index contributed by atoms with van der Waals surface area (Å²) in [6.45, 7) is 14.3. The number of nitrogens with zero attached hydrogens (tertiary/aromatic N) is 2. The van der Waals surface area contributed by atoms with Crippen molar-refractivity contribution in [3.63, 3.8) is 0 Å². The Morgan fingerprint density at radius 2 is 1.95 bits per heavy atom. The van der Waals surface area contributed by atoms with Gasteiger partial charge in [-0.25, -0.2) is 4.98 Å². The van der Waals surface area contributed by atoms with E-state index in [1.54, 1.807) is 7.11 Å². The summed E-state index contributed by atoms with van der Waals surface area (Å²) in [7, 11) is 1.70. The van der Waals surface area contributed by atoms with Crippen LogP contribution in [-0.4, -0.2) is 60.4 Å². The number of hydrogen-bond donors (Lipinski definition) is 2. The number of aliphatic carboxylic acids is 1. The standard InChI is InChI=1S/C36H55N3O4/c1-7-25(2)29(19-20-36(3,4)5)32-30(15-11-16-31(32)42-6)33(35(40)41)39-23-28(24-39)43-22-10-8-9-14-27-18-17-26-13-12-21-37-34(26)38-27/h11,15-18,25,28-29,33H,7-10,12-14,19-24H2,1-6H3,(H,37,38)(H,40,41). The zero-order chi connectivity index (χ0) is 31.0. The second-order valence-electron chi connectivity index (χ2n) is 13.9. The number of aryl methyl sites for hydroxylation is 2. The Hall–Kier alpha value is -2.64. The van der Waals surface area contributed by atoms with Crippen LogP contribution in [0.4, 0.5) is 5.82 Å². The number of carboxylic acid groups (broad SMARTS) is 1. The SMILES string of the molecule is CCC(C)C(CCC(C)(C)C)c1c(OC)cccc1C(C(=O)O)N1CC(OCCCCCc2ccc3c(n2)NCCC3)C1. The molecule has 1 fully saturated rings. The van der Waals surface area contributed by atoms with E-state index in [2.05, 4.69) is 57.0 Å². The lowest BCUT2D eigenvalue weighted by molar-refractivity contribution is -0.151. The van der Waals surface area contributed by atoms with Gasteiger partial charge in [0.1, 0.15) is 17.6 Å². The van der Waals surface area contributed by atoms with Gasteiger partial charge in [-0.05, 0) is 85.5 Å². The van der Waals surface area contributed by atoms with Crippen molar-refractivity contribution < 1.29 is 19.4 Å². The Balaban J connectivity index is 1.31. The Bertz CT molecular complexity index is 1190. The molecule has 2 N–H and O–H groups in total. The van der Waals surface area contributed by atoms with Crippen LogP contribution < -0.4 is 10.1 Å². The van der Waals surface area contributed by atoms with Crippen LogP contribution in [0.25, 0.3) is 0 Å². The first-order chi connectivity index (χ1) is 20.6. The second kappa shape index (κ2) is 15.4. The highest BCUT2D eigenvalue weighted by atomic mass is 16.5. The first kappa shape index (κ1) is 33.3. The molecule has 2 aromatic rings. The molecule has 0 saturated carbocycles. The highest BCUT2D eigenvalue weighted by Gasteiger charge is 2.40. The van der Waals surface area contributed by atoms with Gasteiger partial charge in [-0.2, -0.15) is 0 Å². The highest BCUT2D eigenvalue weighted by molar-refractivity contribution is 5.77. The summed E-state index contributed by atoms with van der Waals surface area (Å²) >= 11 is 0. The van der Waals surface area contributed by atoms with Crippen molar-refractivity contribution in [2.24, 2.45) is 11.3 Å². The third-order valence-electron chi connectivity index (χ3n) is 9.38. The Morgan fingerprint density at radius 3 is 2.65 bits per heavy atom. The number of fused-ring (bicyclic) bond motifs is 1. The highest BCUT2D eigenvalue weighted by Crippen LogP contribution is 2.44. The predicted octanol–water partition coefficient (Wildman–Crippen LogP) is 7.64. The summed E-state index contributed by atoms with van der Waals surface area (Å²) in [5.41, 5.74) is 4.65. The van der Waals surface area contributed by atoms with E-state index in [1.165, 1.54) is 12.0 Å². The molecule has 7 heteroatoms. The Morgan fingerprint density at radius 1 is 1.16 bits per heavy atom. The molecule has 1 saturated heterocycles. The topological polar surface area (TPSA) is 83.9 Å². The number of ether oxygens (including phenoxy) is 2. The van der Waals surface area contributed by atoms with E-state index >= 15 is 0 Å². The molecule has 0 aliphatic carbocycles. The van der Waals surface area contributed by atoms with Gasteiger partial charge < -0.3 is 19.9 Å². The fourth-order valence-electron chi connectivity index (χ4n) is 6.58. The number of anilines is 1. The molecule has 4 rings (SSSR count). The normalized spacial score (nSPS) is 17.8. The number of unbranched alkanes of at least 4 members (excludes halogenated alkanes) is 2. The molecular weight excluding hydrogens is 538 g/mol. The van der Waals surface area contributed by atoms with E-state index in [1.807, 2.05) is 18.2 Å². The summed E-state index contributed by atoms with van der Waals surface area (Å²) in [5, 5.41) is 13.9. The summed E-state index contributed by atoms with van der Waals surface area (Å²) in [5.74, 6) is 1.72. The molecule has 0 spiro atoms. The van der Waals surface area contributed by atoms with Crippen LogP contribution >= 0.6 is 0 Å². The molecule has 1 aromatic heterocycles. The number of benzene rings is 1. The minimum absolute atomic E-state index is 0.0792. The maximum absolute atomic E-state index is 12.8. The summed E-state index contributed by atoms with van der Waals surface area (Å²) < 4.78 is 12.0. The van der Waals surface area contributed by atoms with E-state index in [-0.39, 0.29) is 17.4 Å². The lowest BCUT2D eigenvalue weighted by atomic mass is 9.75. The van der Waals surface area contributed by atoms with Gasteiger partial charge in [0.05, 0.1) is 13.2 Å². The van der Waals surface area contributed by atoms with Crippen LogP contribution in [0.1, 0.15) is 114 Å². The minimum atomic E-state index is -0.808. The third kappa shape index (κ3) is 8.95. The summed E-state index contributed by atoms with van der Waals surface area (Å²) in [6, 6.07) is 9.63. The molecule has 2 aliphatic heterocycles. The largest absolute Gasteiger partial charge is 0.496 e. The van der Waals surface area contributed by atoms with Gasteiger partial charge in [0.25, 0.3) is 0 Å². The molecular formula is C36H55N3O4. The smallest absolute Gasteiger partial charge is 0.325 e. The van der Waals surface area contributed by atoms with Gasteiger partial charge in [0.15, 0.2) is 0 Å². The number of hydrogen-bond acceptors (Lipinski definition) is 6. The van der Waals surface area contributed by atoms with E-state index in [9.17, 15) is 9.90 Å². The Labute approximate surface area is 259 Å². The first-order valence-electron chi connectivity index (χ1n) is 16.6. The zero-order valence-corrected chi connectivity index (χ0v) is 27.5. The lowest BCUT2D eigenvalue weighted by Crippen LogP contribution is -2.55. The first-order valence-corrected chi connectivity index (χ1v) is 16.6. The quantitative estimate of drug-likeness (QED) is 0.194. The van der Waals surface area contributed by atoms with Gasteiger partial charge in [-0.3, -0.25) is 9.69 Å². The van der Waals surface area contributed by atoms with Crippen molar-refractivity contribution in [1.82, 2.24) is 9.88 Å². The average molecular weight is 594 g/mol. The minimum Gasteiger partial charge on any atom is -0.496 e. The van der Waals surface area contributed by atoms with Gasteiger partial charge >= 0.3 is 5.97 Å². The van der Waals surface area contributed by atoms with Crippen LogP contribution in [0, 0.1) is 11.3 Å². The van der Waals surface area contributed by atoms with E-state index in [0.29, 0.717) is 25.6 Å². The number of pyridine rings is 1. The Kier molecular flexibility index (Phi) is 11.9. The van der Waals surface area contributed by atoms with Crippen LogP contribution in [0.2, 0.25) is 0 Å². The lowest BCUT2D eigenvalue weighted by Gasteiger charge is -2.43. The zero-order valence-electron chi connectivity index (χ0n) is 27.5. The van der Waals surface area contributed by atoms with Gasteiger partial charge in [0.2, 0.25) is 0 Å². The van der Waals surface area contributed by atoms with Crippen LogP contribution in [-0.2, 0) is 22.4 Å². The number of nitrogens with one attached hydrogen (secondary N) is 1. The van der Waals surface area contributed by atoms with E-state index in [4.69, 9.17) is 14.5 Å².